The smallest absolute Gasteiger partial charge is 0.159 e. The third-order valence-corrected chi connectivity index (χ3v) is 4.09. The first-order chi connectivity index (χ1) is 8.97. The fourth-order valence-corrected chi connectivity index (χ4v) is 2.70. The van der Waals surface area contributed by atoms with Crippen molar-refractivity contribution in [2.24, 2.45) is 5.73 Å². The van der Waals surface area contributed by atoms with Crippen LogP contribution in [0.25, 0.3) is 0 Å². The minimum atomic E-state index is -0.867. The molecule has 0 amide bonds. The Labute approximate surface area is 119 Å². The second-order valence-corrected chi connectivity index (χ2v) is 5.68. The van der Waals surface area contributed by atoms with Gasteiger partial charge in [-0.15, -0.1) is 0 Å². The van der Waals surface area contributed by atoms with Crippen LogP contribution in [0.5, 0.6) is 0 Å². The van der Waals surface area contributed by atoms with Crippen LogP contribution in [-0.2, 0) is 0 Å². The Kier molecular flexibility index (Phi) is 4.45. The maximum absolute atomic E-state index is 13.1. The molecule has 0 aromatic heterocycles. The highest BCUT2D eigenvalue weighted by Crippen LogP contribution is 2.35. The summed E-state index contributed by atoms with van der Waals surface area (Å²) in [5, 5.41) is 0.546. The van der Waals surface area contributed by atoms with Crippen LogP contribution in [0, 0.1) is 11.6 Å². The Morgan fingerprint density at radius 2 is 1.84 bits per heavy atom. The van der Waals surface area contributed by atoms with Crippen molar-refractivity contribution in [1.29, 1.82) is 0 Å². The quantitative estimate of drug-likeness (QED) is 0.882. The number of nitrogens with two attached hydrogens (primary N) is 1. The Morgan fingerprint density at radius 3 is 2.42 bits per heavy atom. The van der Waals surface area contributed by atoms with Crippen molar-refractivity contribution < 1.29 is 8.78 Å². The first-order valence-corrected chi connectivity index (χ1v) is 6.85. The largest absolute Gasteiger partial charge is 0.324 e. The van der Waals surface area contributed by atoms with Crippen molar-refractivity contribution in [3.8, 4) is 0 Å². The van der Waals surface area contributed by atoms with Crippen LogP contribution in [0.2, 0.25) is 5.02 Å². The lowest BCUT2D eigenvalue weighted by Gasteiger charge is -2.09. The fourth-order valence-electron chi connectivity index (χ4n) is 1.55. The van der Waals surface area contributed by atoms with E-state index in [0.29, 0.717) is 9.92 Å². The third-order valence-electron chi connectivity index (χ3n) is 2.60. The average molecular weight is 300 g/mol. The molecule has 19 heavy (non-hydrogen) atoms. The summed E-state index contributed by atoms with van der Waals surface area (Å²) >= 11 is 7.43. The Hall–Kier alpha value is -1.10. The van der Waals surface area contributed by atoms with Crippen molar-refractivity contribution in [2.45, 2.75) is 22.8 Å². The van der Waals surface area contributed by atoms with Gasteiger partial charge in [-0.25, -0.2) is 8.78 Å². The predicted molar refractivity (Wildman–Crippen MR) is 74.5 cm³/mol. The first-order valence-electron chi connectivity index (χ1n) is 5.65. The Morgan fingerprint density at radius 1 is 1.11 bits per heavy atom. The Balaban J connectivity index is 2.25. The highest BCUT2D eigenvalue weighted by atomic mass is 35.5. The van der Waals surface area contributed by atoms with Gasteiger partial charge in [0.1, 0.15) is 0 Å². The zero-order valence-corrected chi connectivity index (χ0v) is 11.7. The maximum Gasteiger partial charge on any atom is 0.159 e. The molecule has 5 heteroatoms. The SMILES string of the molecule is CC(N)c1ccc(Sc2ccc(F)c(F)c2)c(Cl)c1. The second kappa shape index (κ2) is 5.90. The van der Waals surface area contributed by atoms with Gasteiger partial charge in [0, 0.05) is 15.8 Å². The molecule has 1 nitrogen and oxygen atoms in total. The number of rotatable bonds is 3. The van der Waals surface area contributed by atoms with E-state index >= 15 is 0 Å². The zero-order chi connectivity index (χ0) is 14.0. The molecule has 0 fully saturated rings. The van der Waals surface area contributed by atoms with Gasteiger partial charge in [-0.1, -0.05) is 29.4 Å². The van der Waals surface area contributed by atoms with Gasteiger partial charge in [0.15, 0.2) is 11.6 Å². The lowest BCUT2D eigenvalue weighted by atomic mass is 10.1. The van der Waals surface area contributed by atoms with Gasteiger partial charge in [-0.05, 0) is 42.8 Å². The highest BCUT2D eigenvalue weighted by Gasteiger charge is 2.08. The predicted octanol–water partition coefficient (Wildman–Crippen LogP) is 4.79. The van der Waals surface area contributed by atoms with Crippen LogP contribution in [0.1, 0.15) is 18.5 Å². The first kappa shape index (κ1) is 14.3. The number of benzene rings is 2. The normalized spacial score (nSPS) is 12.5. The van der Waals surface area contributed by atoms with Crippen LogP contribution in [0.4, 0.5) is 8.78 Å². The summed E-state index contributed by atoms with van der Waals surface area (Å²) in [6.45, 7) is 1.87. The molecule has 0 aliphatic heterocycles. The van der Waals surface area contributed by atoms with Gasteiger partial charge in [0.05, 0.1) is 5.02 Å². The molecule has 2 aromatic carbocycles. The summed E-state index contributed by atoms with van der Waals surface area (Å²) in [5.74, 6) is -1.73. The average Bonchev–Trinajstić information content (AvgIpc) is 2.36. The van der Waals surface area contributed by atoms with E-state index < -0.39 is 11.6 Å². The molecule has 0 aliphatic carbocycles. The summed E-state index contributed by atoms with van der Waals surface area (Å²) in [4.78, 5) is 1.37. The van der Waals surface area contributed by atoms with E-state index in [-0.39, 0.29) is 6.04 Å². The summed E-state index contributed by atoms with van der Waals surface area (Å²) in [7, 11) is 0. The van der Waals surface area contributed by atoms with Crippen LogP contribution >= 0.6 is 23.4 Å². The summed E-state index contributed by atoms with van der Waals surface area (Å²) in [6.07, 6.45) is 0. The van der Waals surface area contributed by atoms with Gasteiger partial charge in [0.2, 0.25) is 0 Å². The van der Waals surface area contributed by atoms with Gasteiger partial charge in [-0.2, -0.15) is 0 Å². The number of halogens is 3. The van der Waals surface area contributed by atoms with Gasteiger partial charge < -0.3 is 5.73 Å². The molecule has 0 heterocycles. The molecule has 0 aliphatic rings. The molecule has 0 spiro atoms. The fraction of sp³-hybridized carbons (Fsp3) is 0.143. The van der Waals surface area contributed by atoms with Gasteiger partial charge in [-0.3, -0.25) is 0 Å². The molecular weight excluding hydrogens is 288 g/mol. The van der Waals surface area contributed by atoms with E-state index in [2.05, 4.69) is 0 Å². The monoisotopic (exact) mass is 299 g/mol. The van der Waals surface area contributed by atoms with Crippen LogP contribution in [0.3, 0.4) is 0 Å². The third kappa shape index (κ3) is 3.47. The van der Waals surface area contributed by atoms with E-state index in [9.17, 15) is 8.78 Å². The van der Waals surface area contributed by atoms with Crippen LogP contribution < -0.4 is 5.73 Å². The van der Waals surface area contributed by atoms with Crippen molar-refractivity contribution in [3.05, 3.63) is 58.6 Å². The molecule has 0 radical (unpaired) electrons. The van der Waals surface area contributed by atoms with Crippen molar-refractivity contribution >= 4 is 23.4 Å². The van der Waals surface area contributed by atoms with Crippen molar-refractivity contribution in [1.82, 2.24) is 0 Å². The van der Waals surface area contributed by atoms with E-state index in [0.717, 1.165) is 22.6 Å². The lowest BCUT2D eigenvalue weighted by Crippen LogP contribution is -2.04. The molecule has 1 unspecified atom stereocenters. The molecule has 2 N–H and O–H groups in total. The summed E-state index contributed by atoms with van der Waals surface area (Å²) in [5.41, 5.74) is 6.70. The van der Waals surface area contributed by atoms with Gasteiger partial charge >= 0.3 is 0 Å². The van der Waals surface area contributed by atoms with Crippen molar-refractivity contribution in [2.75, 3.05) is 0 Å². The second-order valence-electron chi connectivity index (χ2n) is 4.16. The molecular formula is C14H12ClF2NS. The van der Waals surface area contributed by atoms with E-state index in [1.165, 1.54) is 17.8 Å². The number of hydrogen-bond acceptors (Lipinski definition) is 2. The molecule has 2 aromatic rings. The highest BCUT2D eigenvalue weighted by molar-refractivity contribution is 7.99. The topological polar surface area (TPSA) is 26.0 Å². The van der Waals surface area contributed by atoms with Gasteiger partial charge in [0.25, 0.3) is 0 Å². The molecule has 1 atom stereocenters. The Bertz CT molecular complexity index is 602. The standard InChI is InChI=1S/C14H12ClF2NS/c1-8(18)9-2-5-14(11(15)6-9)19-10-3-4-12(16)13(17)7-10/h2-8H,18H2,1H3. The minimum Gasteiger partial charge on any atom is -0.324 e. The van der Waals surface area contributed by atoms with E-state index in [4.69, 9.17) is 17.3 Å². The van der Waals surface area contributed by atoms with Crippen molar-refractivity contribution in [3.63, 3.8) is 0 Å². The maximum atomic E-state index is 13.1. The molecule has 0 saturated carbocycles. The van der Waals surface area contributed by atoms with E-state index in [1.807, 2.05) is 19.1 Å². The lowest BCUT2D eigenvalue weighted by molar-refractivity contribution is 0.506. The van der Waals surface area contributed by atoms with Crippen LogP contribution in [0.15, 0.2) is 46.2 Å². The molecule has 0 bridgehead atoms. The summed E-state index contributed by atoms with van der Waals surface area (Å²) in [6, 6.07) is 9.15. The molecule has 0 saturated heterocycles. The summed E-state index contributed by atoms with van der Waals surface area (Å²) < 4.78 is 25.9. The minimum absolute atomic E-state index is 0.0974. The molecule has 2 rings (SSSR count). The van der Waals surface area contributed by atoms with E-state index in [1.54, 1.807) is 6.07 Å². The molecule has 100 valence electrons. The van der Waals surface area contributed by atoms with Crippen LogP contribution in [-0.4, -0.2) is 0 Å². The zero-order valence-electron chi connectivity index (χ0n) is 10.2. The number of hydrogen-bond donors (Lipinski definition) is 1.